The molecule has 3 amide bonds. The Hall–Kier alpha value is -4.25. The molecule has 0 rings (SSSR count). The van der Waals surface area contributed by atoms with E-state index < -0.39 is 90.9 Å². The Morgan fingerprint density at radius 2 is 0.676 bits per heavy atom. The van der Waals surface area contributed by atoms with E-state index in [9.17, 15) is 58.5 Å². The van der Waals surface area contributed by atoms with E-state index in [4.69, 9.17) is 15.3 Å². The maximum Gasteiger partial charge on any atom is 3.00 e. The molecular formula is C18H24FeN3O15. The van der Waals surface area contributed by atoms with Crippen LogP contribution in [0.4, 0.5) is 0 Å². The predicted octanol–water partition coefficient (Wildman–Crippen LogP) is -6.86. The van der Waals surface area contributed by atoms with Crippen molar-refractivity contribution in [2.24, 2.45) is 0 Å². The second kappa shape index (κ2) is 21.1. The number of carbonyl (C=O) groups is 9. The summed E-state index contributed by atoms with van der Waals surface area (Å²) in [6, 6.07) is -4.38. The monoisotopic (exact) mass is 578 g/mol. The number of carboxylic acid groups (broad SMARTS) is 6. The third-order valence-electron chi connectivity index (χ3n) is 3.12. The van der Waals surface area contributed by atoms with E-state index >= 15 is 0 Å². The van der Waals surface area contributed by atoms with Crippen LogP contribution in [-0.2, 0) is 60.2 Å². The molecule has 0 aliphatic rings. The van der Waals surface area contributed by atoms with E-state index in [0.717, 1.165) is 20.8 Å². The van der Waals surface area contributed by atoms with Gasteiger partial charge in [0.1, 0.15) is 0 Å². The Bertz CT molecular complexity index is 704. The van der Waals surface area contributed by atoms with Crippen molar-refractivity contribution in [3.8, 4) is 0 Å². The van der Waals surface area contributed by atoms with E-state index in [0.29, 0.717) is 0 Å². The minimum atomic E-state index is -1.60. The van der Waals surface area contributed by atoms with Crippen LogP contribution in [0.1, 0.15) is 40.0 Å². The molecule has 1 radical (unpaired) electrons. The molecule has 19 heteroatoms. The molecule has 3 atom stereocenters. The Kier molecular flexibility index (Phi) is 22.7. The molecule has 0 spiro atoms. The van der Waals surface area contributed by atoms with E-state index in [1.54, 1.807) is 0 Å². The van der Waals surface area contributed by atoms with E-state index in [2.05, 4.69) is 0 Å². The zero-order valence-corrected chi connectivity index (χ0v) is 20.6. The number of carboxylic acids is 6. The maximum absolute atomic E-state index is 10.3. The van der Waals surface area contributed by atoms with Gasteiger partial charge in [-0.1, -0.05) is 0 Å². The molecule has 0 aliphatic carbocycles. The molecule has 0 bridgehead atoms. The van der Waals surface area contributed by atoms with Gasteiger partial charge < -0.3 is 61.0 Å². The molecule has 0 heterocycles. The van der Waals surface area contributed by atoms with Crippen LogP contribution in [0.15, 0.2) is 0 Å². The van der Waals surface area contributed by atoms with Crippen molar-refractivity contribution in [3.05, 3.63) is 0 Å². The number of carbonyl (C=O) groups excluding carboxylic acids is 6. The summed E-state index contributed by atoms with van der Waals surface area (Å²) in [5.41, 5.74) is 0. The van der Waals surface area contributed by atoms with Gasteiger partial charge in [-0.25, -0.2) is 0 Å². The van der Waals surface area contributed by atoms with Gasteiger partial charge in [-0.2, -0.15) is 0 Å². The second-order valence-electron chi connectivity index (χ2n) is 6.51. The minimum Gasteiger partial charge on any atom is -0.548 e. The average Bonchev–Trinajstić information content (AvgIpc) is 2.65. The van der Waals surface area contributed by atoms with Crippen molar-refractivity contribution in [2.75, 3.05) is 0 Å². The number of hydrogen-bond donors (Lipinski definition) is 6. The predicted molar refractivity (Wildman–Crippen MR) is 105 cm³/mol. The van der Waals surface area contributed by atoms with Gasteiger partial charge in [0.2, 0.25) is 17.7 Å². The standard InChI is InChI=1S/3C6H9NO5.Fe/c3*1-3(8)7-4(6(11)12)2-5(9)10;/h3*4H,2H2,1H3,(H,7,8)(H,9,10)(H,11,12);/q;;;+3/p-3/t3*4-;/m000./s1. The topological polar surface area (TPSA) is 320 Å². The summed E-state index contributed by atoms with van der Waals surface area (Å²) in [6.45, 7) is 3.29. The fraction of sp³-hybridized carbons (Fsp3) is 0.500. The SMILES string of the molecule is CC(=O)N[C@@H](CC(=O)O)C(=O)[O-].CC(=O)N[C@@H](CC(=O)O)C(=O)[O-].CC(=O)N[C@@H](CC(=O)O)C(=O)[O-].[Fe+3]. The van der Waals surface area contributed by atoms with Crippen molar-refractivity contribution in [2.45, 2.75) is 58.2 Å². The van der Waals surface area contributed by atoms with Crippen molar-refractivity contribution in [1.82, 2.24) is 16.0 Å². The van der Waals surface area contributed by atoms with Crippen molar-refractivity contribution >= 4 is 53.5 Å². The van der Waals surface area contributed by atoms with Crippen LogP contribution >= 0.6 is 0 Å². The average molecular weight is 578 g/mol. The molecule has 6 N–H and O–H groups in total. The number of amides is 3. The Morgan fingerprint density at radius 3 is 0.757 bits per heavy atom. The van der Waals surface area contributed by atoms with Crippen LogP contribution in [0, 0.1) is 0 Å². The summed E-state index contributed by atoms with van der Waals surface area (Å²) in [7, 11) is 0. The summed E-state index contributed by atoms with van der Waals surface area (Å²) in [5.74, 6) is -10.6. The number of rotatable bonds is 12. The van der Waals surface area contributed by atoms with Gasteiger partial charge in [0.15, 0.2) is 0 Å². The normalized spacial score (nSPS) is 11.4. The fourth-order valence-corrected chi connectivity index (χ4v) is 1.84. The Morgan fingerprint density at radius 1 is 0.514 bits per heavy atom. The van der Waals surface area contributed by atoms with Gasteiger partial charge in [-0.3, -0.25) is 28.8 Å². The van der Waals surface area contributed by atoms with E-state index in [-0.39, 0.29) is 17.1 Å². The van der Waals surface area contributed by atoms with Crippen LogP contribution in [0.2, 0.25) is 0 Å². The molecule has 0 saturated carbocycles. The summed E-state index contributed by atoms with van der Waals surface area (Å²) in [6.07, 6.45) is -2.04. The molecule has 0 unspecified atom stereocenters. The molecule has 0 fully saturated rings. The van der Waals surface area contributed by atoms with Crippen LogP contribution in [0.3, 0.4) is 0 Å². The summed E-state index contributed by atoms with van der Waals surface area (Å²) < 4.78 is 0. The summed E-state index contributed by atoms with van der Waals surface area (Å²) in [4.78, 5) is 91.7. The molecular weight excluding hydrogens is 554 g/mol. The second-order valence-corrected chi connectivity index (χ2v) is 6.51. The fourth-order valence-electron chi connectivity index (χ4n) is 1.84. The number of nitrogens with one attached hydrogen (secondary N) is 3. The van der Waals surface area contributed by atoms with Crippen LogP contribution in [0.25, 0.3) is 0 Å². The van der Waals surface area contributed by atoms with Crippen molar-refractivity contribution in [1.29, 1.82) is 0 Å². The third-order valence-corrected chi connectivity index (χ3v) is 3.12. The van der Waals surface area contributed by atoms with Crippen LogP contribution in [0.5, 0.6) is 0 Å². The maximum atomic E-state index is 10.3. The number of hydrogen-bond acceptors (Lipinski definition) is 12. The Labute approximate surface area is 218 Å². The minimum absolute atomic E-state index is 0. The van der Waals surface area contributed by atoms with Crippen LogP contribution < -0.4 is 31.3 Å². The largest absolute Gasteiger partial charge is 3.00 e. The smallest absolute Gasteiger partial charge is 0.548 e. The zero-order chi connectivity index (χ0) is 29.2. The van der Waals surface area contributed by atoms with Crippen LogP contribution in [-0.4, -0.2) is 87.0 Å². The van der Waals surface area contributed by atoms with Gasteiger partial charge >= 0.3 is 35.0 Å². The first-order valence-electron chi connectivity index (χ1n) is 9.39. The first-order chi connectivity index (χ1) is 16.3. The number of aliphatic carboxylic acids is 6. The molecule has 0 aliphatic heterocycles. The first kappa shape index (κ1) is 39.9. The van der Waals surface area contributed by atoms with Gasteiger partial charge in [0.25, 0.3) is 0 Å². The van der Waals surface area contributed by atoms with E-state index in [1.807, 2.05) is 16.0 Å². The van der Waals surface area contributed by atoms with Gasteiger partial charge in [0.05, 0.1) is 55.3 Å². The molecule has 0 aromatic carbocycles. The summed E-state index contributed by atoms with van der Waals surface area (Å²) in [5, 5.41) is 60.9. The van der Waals surface area contributed by atoms with E-state index in [1.165, 1.54) is 0 Å². The molecule has 0 saturated heterocycles. The molecule has 0 aromatic rings. The molecule has 0 aromatic heterocycles. The zero-order valence-electron chi connectivity index (χ0n) is 19.4. The van der Waals surface area contributed by atoms with Gasteiger partial charge in [-0.15, -0.1) is 0 Å². The molecule has 37 heavy (non-hydrogen) atoms. The third kappa shape index (κ3) is 27.9. The van der Waals surface area contributed by atoms with Gasteiger partial charge in [0, 0.05) is 20.8 Å². The Balaban J connectivity index is -0.000000218. The van der Waals surface area contributed by atoms with Crippen molar-refractivity contribution in [3.63, 3.8) is 0 Å². The first-order valence-corrected chi connectivity index (χ1v) is 9.39. The molecule has 18 nitrogen and oxygen atoms in total. The molecule has 209 valence electrons. The summed E-state index contributed by atoms with van der Waals surface area (Å²) >= 11 is 0. The van der Waals surface area contributed by atoms with Crippen molar-refractivity contribution < 1.29 is 90.9 Å². The quantitative estimate of drug-likeness (QED) is 0.117. The van der Waals surface area contributed by atoms with Gasteiger partial charge in [-0.05, 0) is 0 Å².